The fourth-order valence-electron chi connectivity index (χ4n) is 1.71. The number of pyridine rings is 1. The summed E-state index contributed by atoms with van der Waals surface area (Å²) in [6, 6.07) is 8.23. The highest BCUT2D eigenvalue weighted by atomic mass is 32.1. The highest BCUT2D eigenvalue weighted by Crippen LogP contribution is 2.23. The standard InChI is InChI=1S/C12H13NS/c1-2-4-9-7-8-13-12-10(9)5-3-6-11(12)14/h3,5-8,14H,2,4H2,1H3. The van der Waals surface area contributed by atoms with E-state index in [4.69, 9.17) is 0 Å². The zero-order chi connectivity index (χ0) is 9.97. The zero-order valence-electron chi connectivity index (χ0n) is 8.20. The van der Waals surface area contributed by atoms with Crippen molar-refractivity contribution >= 4 is 23.5 Å². The van der Waals surface area contributed by atoms with Crippen LogP contribution in [0, 0.1) is 0 Å². The first-order valence-electron chi connectivity index (χ1n) is 4.88. The third-order valence-corrected chi connectivity index (χ3v) is 2.72. The number of hydrogen-bond acceptors (Lipinski definition) is 2. The Morgan fingerprint density at radius 1 is 1.29 bits per heavy atom. The average Bonchev–Trinajstić information content (AvgIpc) is 2.20. The van der Waals surface area contributed by atoms with Crippen molar-refractivity contribution in [3.8, 4) is 0 Å². The Morgan fingerprint density at radius 3 is 2.93 bits per heavy atom. The molecule has 0 saturated heterocycles. The molecule has 0 unspecified atom stereocenters. The van der Waals surface area contributed by atoms with Crippen molar-refractivity contribution in [1.29, 1.82) is 0 Å². The van der Waals surface area contributed by atoms with Gasteiger partial charge in [0.15, 0.2) is 0 Å². The van der Waals surface area contributed by atoms with Gasteiger partial charge in [-0.05, 0) is 24.1 Å². The summed E-state index contributed by atoms with van der Waals surface area (Å²) in [6.07, 6.45) is 4.14. The topological polar surface area (TPSA) is 12.9 Å². The van der Waals surface area contributed by atoms with Crippen molar-refractivity contribution in [3.63, 3.8) is 0 Å². The van der Waals surface area contributed by atoms with Crippen molar-refractivity contribution in [2.75, 3.05) is 0 Å². The predicted molar refractivity (Wildman–Crippen MR) is 63.0 cm³/mol. The van der Waals surface area contributed by atoms with Gasteiger partial charge in [0.1, 0.15) is 0 Å². The number of benzene rings is 1. The lowest BCUT2D eigenvalue weighted by molar-refractivity contribution is 0.927. The van der Waals surface area contributed by atoms with Crippen LogP contribution in [0.4, 0.5) is 0 Å². The summed E-state index contributed by atoms with van der Waals surface area (Å²) < 4.78 is 0. The highest BCUT2D eigenvalue weighted by molar-refractivity contribution is 7.80. The first kappa shape index (κ1) is 9.53. The molecule has 72 valence electrons. The van der Waals surface area contributed by atoms with Crippen molar-refractivity contribution in [2.45, 2.75) is 24.7 Å². The van der Waals surface area contributed by atoms with E-state index in [-0.39, 0.29) is 0 Å². The Morgan fingerprint density at radius 2 is 2.14 bits per heavy atom. The molecule has 2 heteroatoms. The maximum atomic E-state index is 4.40. The lowest BCUT2D eigenvalue weighted by Gasteiger charge is -2.05. The third kappa shape index (κ3) is 1.62. The van der Waals surface area contributed by atoms with Gasteiger partial charge in [-0.1, -0.05) is 25.5 Å². The monoisotopic (exact) mass is 203 g/mol. The van der Waals surface area contributed by atoms with Crippen LogP contribution < -0.4 is 0 Å². The fourth-order valence-corrected chi connectivity index (χ4v) is 1.97. The van der Waals surface area contributed by atoms with E-state index in [0.717, 1.165) is 23.3 Å². The van der Waals surface area contributed by atoms with Gasteiger partial charge in [0.05, 0.1) is 5.52 Å². The molecule has 1 nitrogen and oxygen atoms in total. The number of thiol groups is 1. The molecule has 1 aromatic carbocycles. The number of rotatable bonds is 2. The molecule has 0 aliphatic carbocycles. The van der Waals surface area contributed by atoms with Crippen molar-refractivity contribution < 1.29 is 0 Å². The normalized spacial score (nSPS) is 10.7. The van der Waals surface area contributed by atoms with Crippen LogP contribution in [-0.4, -0.2) is 4.98 Å². The number of aryl methyl sites for hydroxylation is 1. The summed E-state index contributed by atoms with van der Waals surface area (Å²) in [4.78, 5) is 5.31. The smallest absolute Gasteiger partial charge is 0.0837 e. The second kappa shape index (κ2) is 4.01. The van der Waals surface area contributed by atoms with E-state index in [9.17, 15) is 0 Å². The van der Waals surface area contributed by atoms with E-state index in [2.05, 4.69) is 36.7 Å². The molecule has 0 saturated carbocycles. The van der Waals surface area contributed by atoms with Gasteiger partial charge in [-0.2, -0.15) is 0 Å². The van der Waals surface area contributed by atoms with Crippen LogP contribution in [0.5, 0.6) is 0 Å². The highest BCUT2D eigenvalue weighted by Gasteiger charge is 2.02. The SMILES string of the molecule is CCCc1ccnc2c(S)cccc12. The first-order chi connectivity index (χ1) is 6.83. The summed E-state index contributed by atoms with van der Waals surface area (Å²) in [5.74, 6) is 0. The number of aromatic nitrogens is 1. The maximum absolute atomic E-state index is 4.40. The van der Waals surface area contributed by atoms with Gasteiger partial charge in [0.2, 0.25) is 0 Å². The van der Waals surface area contributed by atoms with E-state index in [1.807, 2.05) is 18.3 Å². The number of fused-ring (bicyclic) bond motifs is 1. The fraction of sp³-hybridized carbons (Fsp3) is 0.250. The van der Waals surface area contributed by atoms with Gasteiger partial charge in [-0.3, -0.25) is 4.98 Å². The minimum atomic E-state index is 0.959. The molecule has 0 fully saturated rings. The molecule has 14 heavy (non-hydrogen) atoms. The van der Waals surface area contributed by atoms with E-state index in [0.29, 0.717) is 0 Å². The number of hydrogen-bond donors (Lipinski definition) is 1. The van der Waals surface area contributed by atoms with Crippen LogP contribution >= 0.6 is 12.6 Å². The van der Waals surface area contributed by atoms with Crippen LogP contribution in [0.2, 0.25) is 0 Å². The zero-order valence-corrected chi connectivity index (χ0v) is 9.09. The number of nitrogens with zero attached hydrogens (tertiary/aromatic N) is 1. The summed E-state index contributed by atoms with van der Waals surface area (Å²) in [5.41, 5.74) is 2.38. The third-order valence-electron chi connectivity index (χ3n) is 2.36. The lowest BCUT2D eigenvalue weighted by Crippen LogP contribution is -1.88. The Kier molecular flexibility index (Phi) is 2.73. The summed E-state index contributed by atoms with van der Waals surface area (Å²) in [5, 5.41) is 1.24. The lowest BCUT2D eigenvalue weighted by atomic mass is 10.1. The molecule has 0 atom stereocenters. The molecule has 0 radical (unpaired) electrons. The molecular weight excluding hydrogens is 190 g/mol. The summed E-state index contributed by atoms with van der Waals surface area (Å²) >= 11 is 4.40. The molecule has 0 amide bonds. The number of para-hydroxylation sites is 1. The largest absolute Gasteiger partial charge is 0.255 e. The van der Waals surface area contributed by atoms with Crippen molar-refractivity contribution in [3.05, 3.63) is 36.0 Å². The minimum absolute atomic E-state index is 0.959. The van der Waals surface area contributed by atoms with Crippen LogP contribution in [0.15, 0.2) is 35.4 Å². The van der Waals surface area contributed by atoms with Gasteiger partial charge in [0.25, 0.3) is 0 Å². The quantitative estimate of drug-likeness (QED) is 0.737. The molecule has 2 aromatic rings. The van der Waals surface area contributed by atoms with E-state index < -0.39 is 0 Å². The van der Waals surface area contributed by atoms with Crippen LogP contribution in [-0.2, 0) is 6.42 Å². The molecule has 0 aliphatic heterocycles. The Hall–Kier alpha value is -1.02. The molecule has 1 heterocycles. The van der Waals surface area contributed by atoms with Crippen LogP contribution in [0.1, 0.15) is 18.9 Å². The van der Waals surface area contributed by atoms with Gasteiger partial charge >= 0.3 is 0 Å². The Balaban J connectivity index is 2.68. The molecular formula is C12H13NS. The van der Waals surface area contributed by atoms with Crippen molar-refractivity contribution in [2.24, 2.45) is 0 Å². The van der Waals surface area contributed by atoms with Crippen LogP contribution in [0.25, 0.3) is 10.9 Å². The predicted octanol–water partition coefficient (Wildman–Crippen LogP) is 3.48. The summed E-state index contributed by atoms with van der Waals surface area (Å²) in [7, 11) is 0. The second-order valence-corrected chi connectivity index (χ2v) is 3.88. The maximum Gasteiger partial charge on any atom is 0.0837 e. The van der Waals surface area contributed by atoms with Gasteiger partial charge in [0, 0.05) is 16.5 Å². The van der Waals surface area contributed by atoms with Gasteiger partial charge < -0.3 is 0 Å². The molecule has 2 rings (SSSR count). The molecule has 0 bridgehead atoms. The molecule has 0 spiro atoms. The van der Waals surface area contributed by atoms with Crippen molar-refractivity contribution in [1.82, 2.24) is 4.98 Å². The second-order valence-electron chi connectivity index (χ2n) is 3.39. The Labute approximate surface area is 89.6 Å². The van der Waals surface area contributed by atoms with E-state index >= 15 is 0 Å². The van der Waals surface area contributed by atoms with E-state index in [1.54, 1.807) is 0 Å². The molecule has 0 N–H and O–H groups in total. The van der Waals surface area contributed by atoms with Gasteiger partial charge in [-0.25, -0.2) is 0 Å². The average molecular weight is 203 g/mol. The van der Waals surface area contributed by atoms with Gasteiger partial charge in [-0.15, -0.1) is 12.6 Å². The first-order valence-corrected chi connectivity index (χ1v) is 5.33. The summed E-state index contributed by atoms with van der Waals surface area (Å²) in [6.45, 7) is 2.19. The minimum Gasteiger partial charge on any atom is -0.255 e. The van der Waals surface area contributed by atoms with E-state index in [1.165, 1.54) is 10.9 Å². The molecule has 1 aromatic heterocycles. The van der Waals surface area contributed by atoms with Crippen LogP contribution in [0.3, 0.4) is 0 Å². The Bertz CT molecular complexity index is 451. The molecule has 0 aliphatic rings.